The summed E-state index contributed by atoms with van der Waals surface area (Å²) in [4.78, 5) is 23.5. The van der Waals surface area contributed by atoms with E-state index in [4.69, 9.17) is 14.7 Å². The molecular weight excluding hydrogens is 332 g/mol. The number of carbonyl (C=O) groups excluding carboxylic acids is 2. The summed E-state index contributed by atoms with van der Waals surface area (Å²) < 4.78 is 10.4. The highest BCUT2D eigenvalue weighted by Crippen LogP contribution is 2.16. The molecule has 0 aliphatic carbocycles. The van der Waals surface area contributed by atoms with Crippen LogP contribution in [-0.4, -0.2) is 25.1 Å². The molecule has 6 heteroatoms. The van der Waals surface area contributed by atoms with Crippen LogP contribution in [0.4, 0.5) is 5.69 Å². The van der Waals surface area contributed by atoms with Crippen LogP contribution >= 0.6 is 0 Å². The van der Waals surface area contributed by atoms with E-state index in [1.54, 1.807) is 24.3 Å². The van der Waals surface area contributed by atoms with Crippen LogP contribution in [0.2, 0.25) is 0 Å². The van der Waals surface area contributed by atoms with E-state index in [9.17, 15) is 9.59 Å². The first kappa shape index (κ1) is 19.0. The van der Waals surface area contributed by atoms with Crippen LogP contribution < -0.4 is 10.1 Å². The third-order valence-electron chi connectivity index (χ3n) is 3.54. The van der Waals surface area contributed by atoms with Gasteiger partial charge in [-0.2, -0.15) is 5.26 Å². The molecule has 2 aromatic rings. The number of nitriles is 1. The number of rotatable bonds is 8. The number of para-hydroxylation sites is 1. The van der Waals surface area contributed by atoms with Crippen molar-refractivity contribution in [1.82, 2.24) is 0 Å². The Hall–Kier alpha value is -3.33. The van der Waals surface area contributed by atoms with Crippen molar-refractivity contribution in [2.24, 2.45) is 0 Å². The lowest BCUT2D eigenvalue weighted by molar-refractivity contribution is -0.147. The van der Waals surface area contributed by atoms with Crippen LogP contribution in [0.1, 0.15) is 17.5 Å². The highest BCUT2D eigenvalue weighted by molar-refractivity contribution is 5.92. The molecule has 0 fully saturated rings. The van der Waals surface area contributed by atoms with Crippen molar-refractivity contribution in [2.75, 3.05) is 18.5 Å². The molecule has 1 N–H and O–H groups in total. The van der Waals surface area contributed by atoms with E-state index < -0.39 is 11.9 Å². The molecule has 6 nitrogen and oxygen atoms in total. The van der Waals surface area contributed by atoms with Crippen molar-refractivity contribution in [3.63, 3.8) is 0 Å². The average Bonchev–Trinajstić information content (AvgIpc) is 2.63. The lowest BCUT2D eigenvalue weighted by Gasteiger charge is -2.09. The summed E-state index contributed by atoms with van der Waals surface area (Å²) in [6.07, 6.45) is 0.376. The van der Waals surface area contributed by atoms with Crippen LogP contribution in [-0.2, 0) is 20.7 Å². The molecule has 134 valence electrons. The zero-order chi connectivity index (χ0) is 18.8. The minimum atomic E-state index is -0.502. The number of hydrogen-bond donors (Lipinski definition) is 1. The molecule has 0 heterocycles. The number of nitrogens with one attached hydrogen (secondary N) is 1. The molecule has 0 bridgehead atoms. The Balaban J connectivity index is 1.67. The Bertz CT molecular complexity index is 794. The van der Waals surface area contributed by atoms with Gasteiger partial charge in [-0.15, -0.1) is 0 Å². The molecule has 0 saturated heterocycles. The summed E-state index contributed by atoms with van der Waals surface area (Å²) in [5.41, 5.74) is 2.43. The SMILES string of the molecule is Cc1ccccc1OCCC(=O)OCC(=O)Nc1ccc(CC#N)cc1. The molecular formula is C20H20N2O4. The molecule has 1 amide bonds. The molecule has 0 saturated carbocycles. The van der Waals surface area contributed by atoms with E-state index >= 15 is 0 Å². The van der Waals surface area contributed by atoms with E-state index in [1.807, 2.05) is 31.2 Å². The van der Waals surface area contributed by atoms with E-state index in [2.05, 4.69) is 11.4 Å². The van der Waals surface area contributed by atoms with Crippen molar-refractivity contribution in [3.05, 3.63) is 59.7 Å². The molecule has 2 aromatic carbocycles. The monoisotopic (exact) mass is 352 g/mol. The predicted octanol–water partition coefficient (Wildman–Crippen LogP) is 3.01. The maximum absolute atomic E-state index is 11.8. The lowest BCUT2D eigenvalue weighted by Crippen LogP contribution is -2.21. The third kappa shape index (κ3) is 6.29. The molecule has 0 radical (unpaired) electrons. The first-order chi connectivity index (χ1) is 12.6. The first-order valence-electron chi connectivity index (χ1n) is 8.18. The summed E-state index contributed by atoms with van der Waals surface area (Å²) >= 11 is 0. The van der Waals surface area contributed by atoms with E-state index in [0.717, 1.165) is 16.9 Å². The Kier molecular flexibility index (Phi) is 7.19. The molecule has 0 spiro atoms. The van der Waals surface area contributed by atoms with Crippen molar-refractivity contribution in [2.45, 2.75) is 19.8 Å². The van der Waals surface area contributed by atoms with Gasteiger partial charge >= 0.3 is 5.97 Å². The van der Waals surface area contributed by atoms with E-state index in [1.165, 1.54) is 0 Å². The Morgan fingerprint density at radius 1 is 1.12 bits per heavy atom. The van der Waals surface area contributed by atoms with Gasteiger partial charge in [0.15, 0.2) is 6.61 Å². The lowest BCUT2D eigenvalue weighted by atomic mass is 10.1. The number of benzene rings is 2. The highest BCUT2D eigenvalue weighted by Gasteiger charge is 2.09. The summed E-state index contributed by atoms with van der Waals surface area (Å²) in [7, 11) is 0. The number of nitrogens with zero attached hydrogens (tertiary/aromatic N) is 1. The van der Waals surface area contributed by atoms with Crippen LogP contribution in [0.25, 0.3) is 0 Å². The van der Waals surface area contributed by atoms with Gasteiger partial charge in [0.25, 0.3) is 5.91 Å². The summed E-state index contributed by atoms with van der Waals surface area (Å²) in [5.74, 6) is -0.206. The number of ether oxygens (including phenoxy) is 2. The topological polar surface area (TPSA) is 88.4 Å². The van der Waals surface area contributed by atoms with Gasteiger partial charge in [0.2, 0.25) is 0 Å². The molecule has 0 aromatic heterocycles. The van der Waals surface area contributed by atoms with Gasteiger partial charge in [0.05, 0.1) is 25.5 Å². The zero-order valence-corrected chi connectivity index (χ0v) is 14.5. The Labute approximate surface area is 152 Å². The van der Waals surface area contributed by atoms with Gasteiger partial charge in [0.1, 0.15) is 5.75 Å². The summed E-state index contributed by atoms with van der Waals surface area (Å²) in [6, 6.07) is 16.5. The van der Waals surface area contributed by atoms with E-state index in [-0.39, 0.29) is 19.6 Å². The fourth-order valence-corrected chi connectivity index (χ4v) is 2.18. The number of esters is 1. The predicted molar refractivity (Wildman–Crippen MR) is 96.6 cm³/mol. The normalized spacial score (nSPS) is 9.85. The van der Waals surface area contributed by atoms with Gasteiger partial charge in [-0.05, 0) is 36.2 Å². The van der Waals surface area contributed by atoms with Gasteiger partial charge in [0, 0.05) is 5.69 Å². The largest absolute Gasteiger partial charge is 0.493 e. The van der Waals surface area contributed by atoms with Crippen LogP contribution in [0.5, 0.6) is 5.75 Å². The molecule has 0 atom stereocenters. The molecule has 0 aliphatic rings. The van der Waals surface area contributed by atoms with Crippen LogP contribution in [0, 0.1) is 18.3 Å². The third-order valence-corrected chi connectivity index (χ3v) is 3.54. The number of amides is 1. The maximum Gasteiger partial charge on any atom is 0.309 e. The number of anilines is 1. The second-order valence-electron chi connectivity index (χ2n) is 5.60. The molecule has 0 aliphatic heterocycles. The average molecular weight is 352 g/mol. The quantitative estimate of drug-likeness (QED) is 0.738. The first-order valence-corrected chi connectivity index (χ1v) is 8.18. The second kappa shape index (κ2) is 9.84. The molecule has 0 unspecified atom stereocenters. The Morgan fingerprint density at radius 2 is 1.85 bits per heavy atom. The number of aryl methyl sites for hydroxylation is 1. The van der Waals surface area contributed by atoms with Gasteiger partial charge < -0.3 is 14.8 Å². The molecule has 26 heavy (non-hydrogen) atoms. The maximum atomic E-state index is 11.8. The van der Waals surface area contributed by atoms with Gasteiger partial charge in [-0.25, -0.2) is 0 Å². The molecule has 2 rings (SSSR count). The van der Waals surface area contributed by atoms with Crippen molar-refractivity contribution in [3.8, 4) is 11.8 Å². The zero-order valence-electron chi connectivity index (χ0n) is 14.5. The highest BCUT2D eigenvalue weighted by atomic mass is 16.5. The van der Waals surface area contributed by atoms with Gasteiger partial charge in [-0.1, -0.05) is 30.3 Å². The fourth-order valence-electron chi connectivity index (χ4n) is 2.18. The summed E-state index contributed by atoms with van der Waals surface area (Å²) in [5, 5.41) is 11.2. The van der Waals surface area contributed by atoms with Crippen molar-refractivity contribution < 1.29 is 19.1 Å². The van der Waals surface area contributed by atoms with Crippen LogP contribution in [0.3, 0.4) is 0 Å². The Morgan fingerprint density at radius 3 is 2.54 bits per heavy atom. The van der Waals surface area contributed by atoms with Crippen molar-refractivity contribution >= 4 is 17.6 Å². The minimum Gasteiger partial charge on any atom is -0.493 e. The van der Waals surface area contributed by atoms with E-state index in [0.29, 0.717) is 12.1 Å². The minimum absolute atomic E-state index is 0.0600. The standard InChI is InChI=1S/C20H20N2O4/c1-15-4-2-3-5-18(15)25-13-11-20(24)26-14-19(23)22-17-8-6-16(7-9-17)10-12-21/h2-9H,10-11,13-14H2,1H3,(H,22,23). The summed E-state index contributed by atoms with van der Waals surface area (Å²) in [6.45, 7) is 1.75. The number of hydrogen-bond acceptors (Lipinski definition) is 5. The number of carbonyl (C=O) groups is 2. The van der Waals surface area contributed by atoms with Crippen LogP contribution in [0.15, 0.2) is 48.5 Å². The smallest absolute Gasteiger partial charge is 0.309 e. The fraction of sp³-hybridized carbons (Fsp3) is 0.250. The van der Waals surface area contributed by atoms with Gasteiger partial charge in [-0.3, -0.25) is 9.59 Å². The second-order valence-corrected chi connectivity index (χ2v) is 5.60. The van der Waals surface area contributed by atoms with Crippen molar-refractivity contribution in [1.29, 1.82) is 5.26 Å².